The largest absolute Gasteiger partial charge is 0.341 e. The van der Waals surface area contributed by atoms with Gasteiger partial charge in [-0.2, -0.15) is 0 Å². The molecule has 1 aliphatic carbocycles. The lowest BCUT2D eigenvalue weighted by Gasteiger charge is -2.34. The monoisotopic (exact) mass is 516 g/mol. The lowest BCUT2D eigenvalue weighted by Crippen LogP contribution is -2.35. The Morgan fingerprint density at radius 2 is 1.67 bits per heavy atom. The maximum atomic E-state index is 5.47. The van der Waals surface area contributed by atoms with Crippen molar-refractivity contribution >= 4 is 5.95 Å². The molecule has 0 amide bonds. The molecule has 0 spiro atoms. The zero-order valence-electron chi connectivity index (χ0n) is 23.4. The molecule has 1 aliphatic heterocycles. The number of rotatable bonds is 7. The van der Waals surface area contributed by atoms with Gasteiger partial charge in [-0.15, -0.1) is 0 Å². The zero-order valence-corrected chi connectivity index (χ0v) is 23.4. The molecule has 2 aromatic heterocycles. The first-order valence-corrected chi connectivity index (χ1v) is 14.8. The Morgan fingerprint density at radius 3 is 2.41 bits per heavy atom. The Hall–Kier alpha value is -3.53. The molecular weight excluding hydrogens is 476 g/mol. The average Bonchev–Trinajstić information content (AvgIpc) is 3.50. The third-order valence-electron chi connectivity index (χ3n) is 9.13. The van der Waals surface area contributed by atoms with Crippen LogP contribution in [0, 0.1) is 5.92 Å². The maximum Gasteiger partial charge on any atom is 0.225 e. The summed E-state index contributed by atoms with van der Waals surface area (Å²) in [5.41, 5.74) is 7.66. The molecule has 2 aliphatic rings. The highest BCUT2D eigenvalue weighted by atomic mass is 15.3. The van der Waals surface area contributed by atoms with Crippen LogP contribution >= 0.6 is 0 Å². The first-order chi connectivity index (χ1) is 19.1. The Labute approximate surface area is 233 Å². The lowest BCUT2D eigenvalue weighted by atomic mass is 9.73. The fourth-order valence-corrected chi connectivity index (χ4v) is 6.73. The predicted octanol–water partition coefficient (Wildman–Crippen LogP) is 7.98. The van der Waals surface area contributed by atoms with Crippen molar-refractivity contribution in [3.05, 3.63) is 108 Å². The van der Waals surface area contributed by atoms with Crippen LogP contribution < -0.4 is 4.90 Å². The highest BCUT2D eigenvalue weighted by Crippen LogP contribution is 2.47. The lowest BCUT2D eigenvalue weighted by molar-refractivity contribution is 0.432. The zero-order chi connectivity index (χ0) is 26.7. The molecule has 1 saturated heterocycles. The molecule has 2 aromatic carbocycles. The first-order valence-electron chi connectivity index (χ1n) is 14.8. The highest BCUT2D eigenvalue weighted by molar-refractivity contribution is 5.63. The van der Waals surface area contributed by atoms with Gasteiger partial charge >= 0.3 is 0 Å². The van der Waals surface area contributed by atoms with Crippen LogP contribution in [0.4, 0.5) is 5.95 Å². The normalized spacial score (nSPS) is 18.3. The molecule has 4 nitrogen and oxygen atoms in total. The van der Waals surface area contributed by atoms with E-state index in [9.17, 15) is 0 Å². The fraction of sp³-hybridized carbons (Fsp3) is 0.400. The van der Waals surface area contributed by atoms with Gasteiger partial charge in [0.25, 0.3) is 0 Å². The topological polar surface area (TPSA) is 41.9 Å². The second kappa shape index (κ2) is 11.3. The maximum absolute atomic E-state index is 5.47. The van der Waals surface area contributed by atoms with E-state index in [1.165, 1.54) is 53.6 Å². The summed E-state index contributed by atoms with van der Waals surface area (Å²) in [6.45, 7) is 6.81. The molecule has 200 valence electrons. The molecule has 0 N–H and O–H groups in total. The van der Waals surface area contributed by atoms with Crippen LogP contribution in [0.3, 0.4) is 0 Å². The van der Waals surface area contributed by atoms with Gasteiger partial charge in [0, 0.05) is 37.1 Å². The number of hydrogen-bond acceptors (Lipinski definition) is 4. The van der Waals surface area contributed by atoms with Crippen LogP contribution in [0.25, 0.3) is 11.1 Å². The van der Waals surface area contributed by atoms with Gasteiger partial charge in [-0.1, -0.05) is 87.4 Å². The summed E-state index contributed by atoms with van der Waals surface area (Å²) in [5, 5.41) is 0. The van der Waals surface area contributed by atoms with E-state index < -0.39 is 0 Å². The summed E-state index contributed by atoms with van der Waals surface area (Å²) >= 11 is 0. The van der Waals surface area contributed by atoms with Crippen molar-refractivity contribution in [1.29, 1.82) is 0 Å². The molecule has 0 radical (unpaired) electrons. The van der Waals surface area contributed by atoms with Crippen LogP contribution in [0.5, 0.6) is 0 Å². The number of pyridine rings is 1. The fourth-order valence-electron chi connectivity index (χ4n) is 6.73. The summed E-state index contributed by atoms with van der Waals surface area (Å²) in [6.07, 6.45) is 14.1. The minimum Gasteiger partial charge on any atom is -0.341 e. The summed E-state index contributed by atoms with van der Waals surface area (Å²) in [6, 6.07) is 24.2. The van der Waals surface area contributed by atoms with Crippen molar-refractivity contribution in [2.45, 2.75) is 70.1 Å². The van der Waals surface area contributed by atoms with Crippen LogP contribution in [0.1, 0.15) is 80.7 Å². The Balaban J connectivity index is 1.38. The van der Waals surface area contributed by atoms with Crippen molar-refractivity contribution < 1.29 is 0 Å². The van der Waals surface area contributed by atoms with Crippen molar-refractivity contribution in [3.8, 4) is 11.1 Å². The second-order valence-electron chi connectivity index (χ2n) is 11.8. The van der Waals surface area contributed by atoms with E-state index in [0.717, 1.165) is 49.8 Å². The third kappa shape index (κ3) is 5.34. The van der Waals surface area contributed by atoms with E-state index >= 15 is 0 Å². The molecule has 6 rings (SSSR count). The predicted molar refractivity (Wildman–Crippen MR) is 160 cm³/mol. The Bertz CT molecular complexity index is 1370. The number of aromatic nitrogens is 3. The Kier molecular flexibility index (Phi) is 7.45. The SMILES string of the molecule is CC1CCN(c2ncc(CC(C)c3cccc(-c4cccnc4)c3)c(C3(c4ccccc4)CCCC3)n2)CC1. The van der Waals surface area contributed by atoms with Gasteiger partial charge < -0.3 is 4.90 Å². The van der Waals surface area contributed by atoms with E-state index in [-0.39, 0.29) is 5.41 Å². The average molecular weight is 517 g/mol. The van der Waals surface area contributed by atoms with Crippen LogP contribution in [0.15, 0.2) is 85.3 Å². The molecular formula is C35H40N4. The number of anilines is 1. The quantitative estimate of drug-likeness (QED) is 0.250. The van der Waals surface area contributed by atoms with Crippen LogP contribution in [-0.2, 0) is 11.8 Å². The molecule has 0 bridgehead atoms. The van der Waals surface area contributed by atoms with E-state index in [1.807, 2.05) is 18.5 Å². The summed E-state index contributed by atoms with van der Waals surface area (Å²) in [4.78, 5) is 17.2. The number of nitrogens with zero attached hydrogens (tertiary/aromatic N) is 4. The molecule has 3 heterocycles. The van der Waals surface area contributed by atoms with Gasteiger partial charge in [0.05, 0.1) is 5.69 Å². The van der Waals surface area contributed by atoms with Gasteiger partial charge in [0.2, 0.25) is 5.95 Å². The number of hydrogen-bond donors (Lipinski definition) is 0. The van der Waals surface area contributed by atoms with E-state index in [4.69, 9.17) is 9.97 Å². The third-order valence-corrected chi connectivity index (χ3v) is 9.13. The van der Waals surface area contributed by atoms with Gasteiger partial charge in [-0.25, -0.2) is 9.97 Å². The molecule has 2 fully saturated rings. The van der Waals surface area contributed by atoms with Crippen LogP contribution in [-0.4, -0.2) is 28.0 Å². The summed E-state index contributed by atoms with van der Waals surface area (Å²) < 4.78 is 0. The minimum absolute atomic E-state index is 0.0331. The van der Waals surface area contributed by atoms with E-state index in [2.05, 4.69) is 90.6 Å². The number of benzene rings is 2. The van der Waals surface area contributed by atoms with Gasteiger partial charge in [0.15, 0.2) is 0 Å². The molecule has 1 unspecified atom stereocenters. The van der Waals surface area contributed by atoms with Crippen molar-refractivity contribution in [2.24, 2.45) is 5.92 Å². The Morgan fingerprint density at radius 1 is 0.897 bits per heavy atom. The second-order valence-corrected chi connectivity index (χ2v) is 11.8. The standard InChI is InChI=1S/C35H40N4/c1-26-15-20-39(21-16-26)34-37-25-31(33(38-34)35(17-6-7-18-35)32-13-4-3-5-14-32)22-27(2)28-10-8-11-29(23-28)30-12-9-19-36-24-30/h3-5,8-14,19,23-27H,6-7,15-18,20-22H2,1-2H3. The van der Waals surface area contributed by atoms with Gasteiger partial charge in [-0.05, 0) is 77.8 Å². The van der Waals surface area contributed by atoms with Crippen LogP contribution in [0.2, 0.25) is 0 Å². The van der Waals surface area contributed by atoms with Crippen molar-refractivity contribution in [3.63, 3.8) is 0 Å². The van der Waals surface area contributed by atoms with Gasteiger partial charge in [-0.3, -0.25) is 4.98 Å². The van der Waals surface area contributed by atoms with Gasteiger partial charge in [0.1, 0.15) is 0 Å². The van der Waals surface area contributed by atoms with E-state index in [1.54, 1.807) is 0 Å². The van der Waals surface area contributed by atoms with Crippen molar-refractivity contribution in [2.75, 3.05) is 18.0 Å². The molecule has 4 aromatic rings. The smallest absolute Gasteiger partial charge is 0.225 e. The summed E-state index contributed by atoms with van der Waals surface area (Å²) in [5.74, 6) is 2.06. The number of piperidine rings is 1. The molecule has 39 heavy (non-hydrogen) atoms. The first kappa shape index (κ1) is 25.7. The summed E-state index contributed by atoms with van der Waals surface area (Å²) in [7, 11) is 0. The van der Waals surface area contributed by atoms with Crippen molar-refractivity contribution in [1.82, 2.24) is 15.0 Å². The molecule has 4 heteroatoms. The molecule has 1 atom stereocenters. The minimum atomic E-state index is -0.0331. The van der Waals surface area contributed by atoms with E-state index in [0.29, 0.717) is 5.92 Å². The highest BCUT2D eigenvalue weighted by Gasteiger charge is 2.41. The molecule has 1 saturated carbocycles.